The van der Waals surface area contributed by atoms with E-state index in [-0.39, 0.29) is 17.7 Å². The third kappa shape index (κ3) is 4.50. The van der Waals surface area contributed by atoms with Crippen molar-refractivity contribution in [2.75, 3.05) is 27.3 Å². The molecule has 1 saturated heterocycles. The van der Waals surface area contributed by atoms with Gasteiger partial charge in [-0.2, -0.15) is 0 Å². The van der Waals surface area contributed by atoms with Crippen molar-refractivity contribution in [3.05, 3.63) is 59.8 Å². The molecule has 162 valence electrons. The zero-order valence-corrected chi connectivity index (χ0v) is 17.8. The first-order valence-corrected chi connectivity index (χ1v) is 10.4. The maximum atomic E-state index is 13.0. The Morgan fingerprint density at radius 2 is 1.90 bits per heavy atom. The van der Waals surface area contributed by atoms with E-state index in [1.807, 2.05) is 48.5 Å². The minimum absolute atomic E-state index is 0.0380. The molecule has 0 spiro atoms. The predicted molar refractivity (Wildman–Crippen MR) is 118 cm³/mol. The van der Waals surface area contributed by atoms with Gasteiger partial charge in [-0.05, 0) is 42.7 Å². The summed E-state index contributed by atoms with van der Waals surface area (Å²) >= 11 is 0. The van der Waals surface area contributed by atoms with E-state index >= 15 is 0 Å². The molecule has 2 heterocycles. The average molecular weight is 421 g/mol. The van der Waals surface area contributed by atoms with Gasteiger partial charge in [0.25, 0.3) is 5.91 Å². The lowest BCUT2D eigenvalue weighted by Crippen LogP contribution is -2.45. The number of nitrogens with zero attached hydrogens (tertiary/aromatic N) is 1. The Labute approximate surface area is 181 Å². The van der Waals surface area contributed by atoms with Gasteiger partial charge in [0, 0.05) is 30.5 Å². The Morgan fingerprint density at radius 3 is 2.68 bits per heavy atom. The van der Waals surface area contributed by atoms with E-state index in [0.717, 1.165) is 29.3 Å². The van der Waals surface area contributed by atoms with Crippen LogP contribution in [0.5, 0.6) is 11.5 Å². The van der Waals surface area contributed by atoms with E-state index in [1.54, 1.807) is 19.1 Å². The molecule has 0 unspecified atom stereocenters. The average Bonchev–Trinajstić information content (AvgIpc) is 3.26. The van der Waals surface area contributed by atoms with Crippen LogP contribution in [0.3, 0.4) is 0 Å². The van der Waals surface area contributed by atoms with Crippen LogP contribution < -0.4 is 14.8 Å². The molecule has 3 aromatic rings. The minimum atomic E-state index is -0.220. The second-order valence-electron chi connectivity index (χ2n) is 7.77. The van der Waals surface area contributed by atoms with Crippen LogP contribution >= 0.6 is 0 Å². The zero-order valence-electron chi connectivity index (χ0n) is 17.8. The van der Waals surface area contributed by atoms with Crippen LogP contribution in [-0.4, -0.2) is 49.0 Å². The summed E-state index contributed by atoms with van der Waals surface area (Å²) in [6.45, 7) is 1.48. The highest BCUT2D eigenvalue weighted by molar-refractivity contribution is 5.98. The number of methoxy groups -OCH3 is 2. The number of hydrogen-bond donors (Lipinski definition) is 2. The standard InChI is InChI=1S/C24H27N3O4/c1-30-21-10-9-16(12-22(21)31-2)14-25-23(28)18-7-5-11-27(15-18)24(29)20-13-17-6-3-4-8-19(17)26-20/h3-4,6,8-10,12-13,18,26H,5,7,11,14-15H2,1-2H3,(H,25,28)/t18-/m1/s1. The Balaban J connectivity index is 1.37. The van der Waals surface area contributed by atoms with Crippen molar-refractivity contribution in [2.24, 2.45) is 5.92 Å². The van der Waals surface area contributed by atoms with Crippen LogP contribution in [0.25, 0.3) is 10.9 Å². The molecular weight excluding hydrogens is 394 g/mol. The normalized spacial score (nSPS) is 16.2. The lowest BCUT2D eigenvalue weighted by molar-refractivity contribution is -0.126. The number of ether oxygens (including phenoxy) is 2. The summed E-state index contributed by atoms with van der Waals surface area (Å²) < 4.78 is 10.6. The fourth-order valence-corrected chi connectivity index (χ4v) is 4.06. The van der Waals surface area contributed by atoms with Gasteiger partial charge in [0.1, 0.15) is 5.69 Å². The molecule has 2 aromatic carbocycles. The van der Waals surface area contributed by atoms with Gasteiger partial charge in [0.2, 0.25) is 5.91 Å². The van der Waals surface area contributed by atoms with Gasteiger partial charge in [-0.3, -0.25) is 9.59 Å². The van der Waals surface area contributed by atoms with Gasteiger partial charge in [0.15, 0.2) is 11.5 Å². The number of carbonyl (C=O) groups excluding carboxylic acids is 2. The summed E-state index contributed by atoms with van der Waals surface area (Å²) in [6.07, 6.45) is 1.58. The summed E-state index contributed by atoms with van der Waals surface area (Å²) in [5.74, 6) is 0.956. The first-order chi connectivity index (χ1) is 15.1. The monoisotopic (exact) mass is 421 g/mol. The van der Waals surface area contributed by atoms with Crippen LogP contribution in [0, 0.1) is 5.92 Å². The van der Waals surface area contributed by atoms with Crippen molar-refractivity contribution in [3.63, 3.8) is 0 Å². The second-order valence-corrected chi connectivity index (χ2v) is 7.77. The van der Waals surface area contributed by atoms with Gasteiger partial charge in [-0.25, -0.2) is 0 Å². The number of aromatic nitrogens is 1. The highest BCUT2D eigenvalue weighted by Crippen LogP contribution is 2.27. The van der Waals surface area contributed by atoms with E-state index in [9.17, 15) is 9.59 Å². The third-order valence-electron chi connectivity index (χ3n) is 5.75. The molecule has 0 aliphatic carbocycles. The molecule has 1 atom stereocenters. The zero-order chi connectivity index (χ0) is 21.8. The number of hydrogen-bond acceptors (Lipinski definition) is 4. The second kappa shape index (κ2) is 9.12. The quantitative estimate of drug-likeness (QED) is 0.639. The van der Waals surface area contributed by atoms with Crippen molar-refractivity contribution < 1.29 is 19.1 Å². The number of nitrogens with one attached hydrogen (secondary N) is 2. The molecule has 1 aliphatic heterocycles. The number of rotatable bonds is 6. The fraction of sp³-hybridized carbons (Fsp3) is 0.333. The Bertz CT molecular complexity index is 1060. The number of carbonyl (C=O) groups is 2. The van der Waals surface area contributed by atoms with Crippen LogP contribution in [0.1, 0.15) is 28.9 Å². The van der Waals surface area contributed by atoms with Crippen molar-refractivity contribution in [1.29, 1.82) is 0 Å². The molecule has 1 fully saturated rings. The number of benzene rings is 2. The van der Waals surface area contributed by atoms with E-state index in [0.29, 0.717) is 36.8 Å². The van der Waals surface area contributed by atoms with Crippen molar-refractivity contribution >= 4 is 22.7 Å². The molecule has 7 heteroatoms. The summed E-state index contributed by atoms with van der Waals surface area (Å²) in [4.78, 5) is 30.7. The summed E-state index contributed by atoms with van der Waals surface area (Å²) in [7, 11) is 3.17. The van der Waals surface area contributed by atoms with Crippen molar-refractivity contribution in [1.82, 2.24) is 15.2 Å². The minimum Gasteiger partial charge on any atom is -0.493 e. The molecule has 0 bridgehead atoms. The molecule has 7 nitrogen and oxygen atoms in total. The summed E-state index contributed by atoms with van der Waals surface area (Å²) in [5, 5.41) is 4.00. The first kappa shape index (κ1) is 20.8. The Kier molecular flexibility index (Phi) is 6.11. The molecule has 0 radical (unpaired) electrons. The molecule has 1 aromatic heterocycles. The first-order valence-electron chi connectivity index (χ1n) is 10.4. The Morgan fingerprint density at radius 1 is 1.10 bits per heavy atom. The van der Waals surface area contributed by atoms with Gasteiger partial charge in [-0.15, -0.1) is 0 Å². The van der Waals surface area contributed by atoms with E-state index in [4.69, 9.17) is 9.47 Å². The smallest absolute Gasteiger partial charge is 0.270 e. The highest BCUT2D eigenvalue weighted by atomic mass is 16.5. The number of aromatic amines is 1. The van der Waals surface area contributed by atoms with E-state index < -0.39 is 0 Å². The van der Waals surface area contributed by atoms with Gasteiger partial charge >= 0.3 is 0 Å². The highest BCUT2D eigenvalue weighted by Gasteiger charge is 2.29. The fourth-order valence-electron chi connectivity index (χ4n) is 4.06. The molecule has 4 rings (SSSR count). The van der Waals surface area contributed by atoms with Gasteiger partial charge in [0.05, 0.1) is 20.1 Å². The van der Waals surface area contributed by atoms with Crippen LogP contribution in [0.15, 0.2) is 48.5 Å². The number of para-hydroxylation sites is 1. The molecule has 2 amide bonds. The maximum absolute atomic E-state index is 13.0. The number of amides is 2. The van der Waals surface area contributed by atoms with E-state index in [2.05, 4.69) is 10.3 Å². The number of H-pyrrole nitrogens is 1. The van der Waals surface area contributed by atoms with Crippen LogP contribution in [0.4, 0.5) is 0 Å². The molecule has 2 N–H and O–H groups in total. The topological polar surface area (TPSA) is 83.7 Å². The molecule has 31 heavy (non-hydrogen) atoms. The lowest BCUT2D eigenvalue weighted by atomic mass is 9.96. The third-order valence-corrected chi connectivity index (χ3v) is 5.75. The SMILES string of the molecule is COc1ccc(CNC(=O)[C@@H]2CCCN(C(=O)c3cc4ccccc4[nH]3)C2)cc1OC. The Hall–Kier alpha value is -3.48. The largest absolute Gasteiger partial charge is 0.493 e. The maximum Gasteiger partial charge on any atom is 0.270 e. The number of fused-ring (bicyclic) bond motifs is 1. The number of piperidine rings is 1. The molecule has 0 saturated carbocycles. The summed E-state index contributed by atoms with van der Waals surface area (Å²) in [5.41, 5.74) is 2.42. The molecule has 1 aliphatic rings. The predicted octanol–water partition coefficient (Wildman–Crippen LogP) is 3.35. The lowest BCUT2D eigenvalue weighted by Gasteiger charge is -2.31. The van der Waals surface area contributed by atoms with Crippen LogP contribution in [-0.2, 0) is 11.3 Å². The van der Waals surface area contributed by atoms with Crippen LogP contribution in [0.2, 0.25) is 0 Å². The number of likely N-dealkylation sites (tertiary alicyclic amines) is 1. The summed E-state index contributed by atoms with van der Waals surface area (Å²) in [6, 6.07) is 15.3. The molecular formula is C24H27N3O4. The van der Waals surface area contributed by atoms with Crippen molar-refractivity contribution in [3.8, 4) is 11.5 Å². The van der Waals surface area contributed by atoms with Gasteiger partial charge < -0.3 is 24.7 Å². The van der Waals surface area contributed by atoms with E-state index in [1.165, 1.54) is 0 Å². The van der Waals surface area contributed by atoms with Crippen molar-refractivity contribution in [2.45, 2.75) is 19.4 Å². The van der Waals surface area contributed by atoms with Gasteiger partial charge in [-0.1, -0.05) is 24.3 Å².